The van der Waals surface area contributed by atoms with Gasteiger partial charge in [-0.3, -0.25) is 0 Å². The Labute approximate surface area is 296 Å². The van der Waals surface area contributed by atoms with Gasteiger partial charge in [0, 0.05) is 28.4 Å². The first-order valence-corrected chi connectivity index (χ1v) is 17.8. The van der Waals surface area contributed by atoms with Gasteiger partial charge >= 0.3 is 0 Å². The van der Waals surface area contributed by atoms with Gasteiger partial charge in [0.25, 0.3) is 0 Å². The van der Waals surface area contributed by atoms with Crippen molar-refractivity contribution < 1.29 is 0 Å². The third-order valence-corrected chi connectivity index (χ3v) is 10.9. The molecular weight excluding hydrogens is 627 g/mol. The maximum Gasteiger partial charge on any atom is 0.0622 e. The second-order valence-electron chi connectivity index (χ2n) is 12.6. The summed E-state index contributed by atoms with van der Waals surface area (Å²) in [6.07, 6.45) is 0. The highest BCUT2D eigenvalue weighted by Gasteiger charge is 2.33. The molecule has 0 spiro atoms. The minimum absolute atomic E-state index is 1.10. The van der Waals surface area contributed by atoms with Gasteiger partial charge in [0.15, 0.2) is 0 Å². The van der Waals surface area contributed by atoms with E-state index in [0.717, 1.165) is 39.8 Å². The fourth-order valence-corrected chi connectivity index (χ4v) is 8.78. The van der Waals surface area contributed by atoms with Crippen LogP contribution in [0.4, 0.5) is 51.2 Å². The van der Waals surface area contributed by atoms with E-state index < -0.39 is 0 Å². The molecule has 2 heterocycles. The molecule has 2 aliphatic rings. The van der Waals surface area contributed by atoms with Crippen LogP contribution < -0.4 is 14.7 Å². The third-order valence-electron chi connectivity index (χ3n) is 9.69. The highest BCUT2D eigenvalue weighted by atomic mass is 32.2. The lowest BCUT2D eigenvalue weighted by atomic mass is 9.97. The third kappa shape index (κ3) is 4.61. The van der Waals surface area contributed by atoms with Crippen LogP contribution in [0.25, 0.3) is 21.9 Å². The molecule has 0 aliphatic carbocycles. The van der Waals surface area contributed by atoms with Crippen LogP contribution in [0.5, 0.6) is 0 Å². The van der Waals surface area contributed by atoms with E-state index in [2.05, 4.69) is 203 Å². The Morgan fingerprint density at radius 1 is 0.320 bits per heavy atom. The van der Waals surface area contributed by atoms with E-state index in [0.29, 0.717) is 0 Å². The normalized spacial score (nSPS) is 13.0. The predicted molar refractivity (Wildman–Crippen MR) is 211 cm³/mol. The number of nitrogens with zero attached hydrogens (tertiary/aromatic N) is 3. The number of rotatable bonds is 4. The maximum atomic E-state index is 2.44. The molecule has 236 valence electrons. The van der Waals surface area contributed by atoms with E-state index in [-0.39, 0.29) is 0 Å². The van der Waals surface area contributed by atoms with Gasteiger partial charge in [-0.15, -0.1) is 0 Å². The number of anilines is 9. The molecule has 0 atom stereocenters. The maximum absolute atomic E-state index is 2.44. The van der Waals surface area contributed by atoms with Crippen LogP contribution in [0.3, 0.4) is 0 Å². The first-order chi connectivity index (χ1) is 24.8. The van der Waals surface area contributed by atoms with Crippen LogP contribution in [-0.4, -0.2) is 0 Å². The lowest BCUT2D eigenvalue weighted by Crippen LogP contribution is -2.21. The number of hydrogen-bond acceptors (Lipinski definition) is 4. The van der Waals surface area contributed by atoms with Crippen molar-refractivity contribution in [2.45, 2.75) is 9.79 Å². The monoisotopic (exact) mass is 657 g/mol. The van der Waals surface area contributed by atoms with E-state index in [1.165, 1.54) is 43.1 Å². The summed E-state index contributed by atoms with van der Waals surface area (Å²) in [5.74, 6) is 0. The second-order valence-corrected chi connectivity index (χ2v) is 13.6. The highest BCUT2D eigenvalue weighted by Crippen LogP contribution is 2.60. The number of hydrogen-bond donors (Lipinski definition) is 0. The Hall–Kier alpha value is -6.23. The zero-order valence-corrected chi connectivity index (χ0v) is 28.0. The molecule has 0 unspecified atom stereocenters. The van der Waals surface area contributed by atoms with Gasteiger partial charge in [-0.1, -0.05) is 121 Å². The average Bonchev–Trinajstić information content (AvgIpc) is 3.18. The van der Waals surface area contributed by atoms with Crippen molar-refractivity contribution in [3.8, 4) is 11.1 Å². The molecule has 4 heteroatoms. The van der Waals surface area contributed by atoms with Crippen LogP contribution in [0.15, 0.2) is 198 Å². The van der Waals surface area contributed by atoms with Gasteiger partial charge in [0.2, 0.25) is 0 Å². The Morgan fingerprint density at radius 2 is 0.760 bits per heavy atom. The summed E-state index contributed by atoms with van der Waals surface area (Å²) in [6.45, 7) is 0. The van der Waals surface area contributed by atoms with Crippen LogP contribution in [-0.2, 0) is 0 Å². The molecule has 0 fully saturated rings. The van der Waals surface area contributed by atoms with Crippen molar-refractivity contribution in [2.24, 2.45) is 0 Å². The molecule has 0 saturated carbocycles. The van der Waals surface area contributed by atoms with Crippen molar-refractivity contribution in [3.63, 3.8) is 0 Å². The van der Waals surface area contributed by atoms with Crippen LogP contribution >= 0.6 is 11.8 Å². The summed E-state index contributed by atoms with van der Waals surface area (Å²) in [4.78, 5) is 9.71. The smallest absolute Gasteiger partial charge is 0.0622 e. The zero-order valence-electron chi connectivity index (χ0n) is 27.1. The molecule has 0 saturated heterocycles. The van der Waals surface area contributed by atoms with E-state index in [1.54, 1.807) is 0 Å². The fraction of sp³-hybridized carbons (Fsp3) is 0. The molecule has 2 aliphatic heterocycles. The Balaban J connectivity index is 1.27. The summed E-state index contributed by atoms with van der Waals surface area (Å²) in [5.41, 5.74) is 12.6. The summed E-state index contributed by atoms with van der Waals surface area (Å²) in [5, 5.41) is 2.50. The molecule has 3 nitrogen and oxygen atoms in total. The molecule has 4 bridgehead atoms. The molecule has 8 aromatic carbocycles. The molecule has 0 radical (unpaired) electrons. The lowest BCUT2D eigenvalue weighted by molar-refractivity contribution is 1.12. The Morgan fingerprint density at radius 3 is 1.42 bits per heavy atom. The van der Waals surface area contributed by atoms with Gasteiger partial charge in [-0.25, -0.2) is 0 Å². The van der Waals surface area contributed by atoms with Gasteiger partial charge in [-0.2, -0.15) is 0 Å². The van der Waals surface area contributed by atoms with E-state index in [1.807, 2.05) is 11.8 Å². The van der Waals surface area contributed by atoms with Crippen LogP contribution in [0.2, 0.25) is 0 Å². The topological polar surface area (TPSA) is 9.72 Å². The summed E-state index contributed by atoms with van der Waals surface area (Å²) >= 11 is 1.87. The van der Waals surface area contributed by atoms with E-state index >= 15 is 0 Å². The van der Waals surface area contributed by atoms with Gasteiger partial charge in [-0.05, 0) is 101 Å². The summed E-state index contributed by atoms with van der Waals surface area (Å²) < 4.78 is 0. The molecule has 50 heavy (non-hydrogen) atoms. The number of fused-ring (bicyclic) bond motifs is 3. The first kappa shape index (κ1) is 28.8. The number of benzene rings is 8. The fourth-order valence-electron chi connectivity index (χ4n) is 7.52. The molecule has 0 amide bonds. The molecular formula is C46H31N3S. The molecule has 0 N–H and O–H groups in total. The Bertz CT molecular complexity index is 2540. The largest absolute Gasteiger partial charge is 0.309 e. The average molecular weight is 658 g/mol. The second kappa shape index (κ2) is 11.7. The minimum Gasteiger partial charge on any atom is -0.309 e. The van der Waals surface area contributed by atoms with Crippen molar-refractivity contribution in [1.82, 2.24) is 0 Å². The van der Waals surface area contributed by atoms with Gasteiger partial charge < -0.3 is 14.7 Å². The SMILES string of the molecule is c1ccc(N2c3cccc(c3)N(c3cccc(-c4cccc5ccccc45)c3)c3cccc4c3Sc3c2cccc3N4c2ccccc2)cc1. The lowest BCUT2D eigenvalue weighted by Gasteiger charge is -2.39. The zero-order chi connectivity index (χ0) is 33.0. The van der Waals surface area contributed by atoms with Crippen molar-refractivity contribution in [3.05, 3.63) is 188 Å². The van der Waals surface area contributed by atoms with Crippen LogP contribution in [0.1, 0.15) is 0 Å². The van der Waals surface area contributed by atoms with Gasteiger partial charge in [0.05, 0.1) is 32.5 Å². The standard InChI is InChI=1S/C46H31N3S/c1-3-17-34(18-4-1)47-37-22-11-23-38(31-37)48(36-21-9-16-33(30-36)40-25-10-15-32-14-7-8-24-39(32)40)42-27-13-29-44-46(42)50-45-41(47)26-12-28-43(45)49(44)35-19-5-2-6-20-35/h1-31H. The molecule has 8 aromatic rings. The number of para-hydroxylation sites is 2. The Kier molecular flexibility index (Phi) is 6.74. The molecule has 10 rings (SSSR count). The van der Waals surface area contributed by atoms with Crippen molar-refractivity contribution >= 4 is 73.7 Å². The summed E-state index contributed by atoms with van der Waals surface area (Å²) in [7, 11) is 0. The highest BCUT2D eigenvalue weighted by molar-refractivity contribution is 8.00. The summed E-state index contributed by atoms with van der Waals surface area (Å²) in [6, 6.07) is 68.1. The van der Waals surface area contributed by atoms with E-state index in [9.17, 15) is 0 Å². The van der Waals surface area contributed by atoms with Crippen molar-refractivity contribution in [1.29, 1.82) is 0 Å². The van der Waals surface area contributed by atoms with Gasteiger partial charge in [0.1, 0.15) is 0 Å². The van der Waals surface area contributed by atoms with E-state index in [4.69, 9.17) is 0 Å². The molecule has 0 aromatic heterocycles. The van der Waals surface area contributed by atoms with Crippen molar-refractivity contribution in [2.75, 3.05) is 14.7 Å². The predicted octanol–water partition coefficient (Wildman–Crippen LogP) is 13.7. The first-order valence-electron chi connectivity index (χ1n) is 16.9. The quantitative estimate of drug-likeness (QED) is 0.186. The minimum atomic E-state index is 1.10. The van der Waals surface area contributed by atoms with Crippen LogP contribution in [0, 0.1) is 0 Å².